The zero-order valence-corrected chi connectivity index (χ0v) is 11.4. The van der Waals surface area contributed by atoms with Crippen LogP contribution in [0.25, 0.3) is 0 Å². The lowest BCUT2D eigenvalue weighted by Gasteiger charge is -2.26. The Kier molecular flexibility index (Phi) is 5.05. The van der Waals surface area contributed by atoms with E-state index in [1.165, 1.54) is 38.5 Å². The smallest absolute Gasteiger partial charge is 0.0551 e. The molecule has 2 nitrogen and oxygen atoms in total. The molecule has 2 rings (SSSR count). The van der Waals surface area contributed by atoms with Gasteiger partial charge in [0, 0.05) is 12.0 Å². The van der Waals surface area contributed by atoms with Crippen LogP contribution in [0.4, 0.5) is 0 Å². The average Bonchev–Trinajstić information content (AvgIpc) is 2.60. The van der Waals surface area contributed by atoms with E-state index in [1.807, 2.05) is 0 Å². The fourth-order valence-electron chi connectivity index (χ4n) is 3.23. The van der Waals surface area contributed by atoms with Crippen molar-refractivity contribution in [2.24, 2.45) is 5.92 Å². The molecule has 3 unspecified atom stereocenters. The van der Waals surface area contributed by atoms with Crippen LogP contribution in [0.3, 0.4) is 0 Å². The first-order chi connectivity index (χ1) is 8.31. The lowest BCUT2D eigenvalue weighted by atomic mass is 9.88. The third kappa shape index (κ3) is 3.56. The van der Waals surface area contributed by atoms with Crippen molar-refractivity contribution in [1.82, 2.24) is 5.32 Å². The van der Waals surface area contributed by atoms with Crippen LogP contribution < -0.4 is 5.32 Å². The molecule has 0 amide bonds. The monoisotopic (exact) mass is 237 g/mol. The first-order valence-electron chi connectivity index (χ1n) is 7.35. The molecule has 1 saturated heterocycles. The maximum absolute atomic E-state index is 5.75. The summed E-state index contributed by atoms with van der Waals surface area (Å²) in [7, 11) is 0. The summed E-state index contributed by atoms with van der Waals surface area (Å²) in [5.74, 6) is 0.689. The van der Waals surface area contributed by atoms with Crippen molar-refractivity contribution in [1.29, 1.82) is 0 Å². The number of likely N-dealkylation sites (N-methyl/N-ethyl adjacent to an activating group) is 1. The molecule has 0 aromatic rings. The molecule has 1 heterocycles. The highest BCUT2D eigenvalue weighted by Crippen LogP contribution is 2.30. The molecule has 1 N–H and O–H groups in total. The lowest BCUT2D eigenvalue weighted by molar-refractivity contribution is 0.118. The van der Waals surface area contributed by atoms with E-state index in [0.29, 0.717) is 18.1 Å². The Hall–Kier alpha value is -0.340. The van der Waals surface area contributed by atoms with Crippen molar-refractivity contribution in [3.8, 4) is 0 Å². The average molecular weight is 237 g/mol. The summed E-state index contributed by atoms with van der Waals surface area (Å²) in [6.45, 7) is 6.41. The molecule has 2 heteroatoms. The number of hydrogen-bond acceptors (Lipinski definition) is 2. The molecule has 0 aromatic heterocycles. The molecule has 0 aromatic carbocycles. The first kappa shape index (κ1) is 13.1. The zero-order chi connectivity index (χ0) is 12.1. The molecule has 3 atom stereocenters. The van der Waals surface area contributed by atoms with Crippen LogP contribution in [0.1, 0.15) is 52.4 Å². The van der Waals surface area contributed by atoms with E-state index in [-0.39, 0.29) is 0 Å². The van der Waals surface area contributed by atoms with E-state index in [0.717, 1.165) is 13.2 Å². The predicted octanol–water partition coefficient (Wildman–Crippen LogP) is 3.28. The number of ether oxygens (including phenoxy) is 1. The quantitative estimate of drug-likeness (QED) is 0.758. The molecule has 0 saturated carbocycles. The number of hydrogen-bond donors (Lipinski definition) is 1. The van der Waals surface area contributed by atoms with Crippen molar-refractivity contribution >= 4 is 0 Å². The minimum Gasteiger partial charge on any atom is -0.378 e. The summed E-state index contributed by atoms with van der Waals surface area (Å²) in [5, 5.41) is 3.69. The molecule has 1 fully saturated rings. The van der Waals surface area contributed by atoms with Gasteiger partial charge in [-0.2, -0.15) is 0 Å². The van der Waals surface area contributed by atoms with Crippen molar-refractivity contribution < 1.29 is 4.74 Å². The van der Waals surface area contributed by atoms with Gasteiger partial charge in [0.1, 0.15) is 0 Å². The zero-order valence-electron chi connectivity index (χ0n) is 11.4. The van der Waals surface area contributed by atoms with Crippen LogP contribution in [-0.4, -0.2) is 25.3 Å². The number of rotatable bonds is 4. The normalized spacial score (nSPS) is 32.0. The predicted molar refractivity (Wildman–Crippen MR) is 72.2 cm³/mol. The van der Waals surface area contributed by atoms with Crippen molar-refractivity contribution in [2.45, 2.75) is 64.5 Å². The van der Waals surface area contributed by atoms with Gasteiger partial charge in [-0.3, -0.25) is 0 Å². The van der Waals surface area contributed by atoms with Crippen LogP contribution in [0.5, 0.6) is 0 Å². The largest absolute Gasteiger partial charge is 0.378 e. The second-order valence-electron chi connectivity index (χ2n) is 5.55. The van der Waals surface area contributed by atoms with Crippen LogP contribution in [0.2, 0.25) is 0 Å². The minimum absolute atomic E-state index is 0.451. The third-order valence-corrected chi connectivity index (χ3v) is 4.10. The van der Waals surface area contributed by atoms with Gasteiger partial charge < -0.3 is 10.1 Å². The van der Waals surface area contributed by atoms with Gasteiger partial charge in [0.25, 0.3) is 0 Å². The molecule has 1 aliphatic carbocycles. The van der Waals surface area contributed by atoms with Gasteiger partial charge in [0.15, 0.2) is 0 Å². The van der Waals surface area contributed by atoms with Crippen LogP contribution in [-0.2, 0) is 4.74 Å². The van der Waals surface area contributed by atoms with E-state index < -0.39 is 0 Å². The van der Waals surface area contributed by atoms with Gasteiger partial charge in [0.2, 0.25) is 0 Å². The summed E-state index contributed by atoms with van der Waals surface area (Å²) in [6, 6.07) is 0.572. The molecule has 98 valence electrons. The Balaban J connectivity index is 2.02. The van der Waals surface area contributed by atoms with E-state index >= 15 is 0 Å². The van der Waals surface area contributed by atoms with Crippen LogP contribution in [0.15, 0.2) is 11.6 Å². The molecule has 0 bridgehead atoms. The minimum atomic E-state index is 0.451. The SMILES string of the molecule is CCNC(C1=CCCCCC1)C1COC(C)C1. The van der Waals surface area contributed by atoms with Gasteiger partial charge in [-0.1, -0.05) is 25.0 Å². The van der Waals surface area contributed by atoms with Crippen molar-refractivity contribution in [3.63, 3.8) is 0 Å². The maximum atomic E-state index is 5.75. The van der Waals surface area contributed by atoms with E-state index in [2.05, 4.69) is 25.2 Å². The number of nitrogens with one attached hydrogen (secondary N) is 1. The molecular formula is C15H27NO. The van der Waals surface area contributed by atoms with E-state index in [9.17, 15) is 0 Å². The van der Waals surface area contributed by atoms with Gasteiger partial charge in [-0.25, -0.2) is 0 Å². The van der Waals surface area contributed by atoms with Gasteiger partial charge in [-0.05, 0) is 45.6 Å². The summed E-state index contributed by atoms with van der Waals surface area (Å²) in [4.78, 5) is 0. The molecular weight excluding hydrogens is 210 g/mol. The Labute approximate surface area is 106 Å². The van der Waals surface area contributed by atoms with Crippen molar-refractivity contribution in [2.75, 3.05) is 13.2 Å². The van der Waals surface area contributed by atoms with E-state index in [1.54, 1.807) is 5.57 Å². The lowest BCUT2D eigenvalue weighted by Crippen LogP contribution is -2.38. The van der Waals surface area contributed by atoms with Gasteiger partial charge in [0.05, 0.1) is 12.7 Å². The Morgan fingerprint density at radius 2 is 2.29 bits per heavy atom. The number of allylic oxidation sites excluding steroid dienone is 1. The summed E-state index contributed by atoms with van der Waals surface area (Å²) in [5.41, 5.74) is 1.66. The van der Waals surface area contributed by atoms with Gasteiger partial charge >= 0.3 is 0 Å². The highest BCUT2D eigenvalue weighted by atomic mass is 16.5. The fourth-order valence-corrected chi connectivity index (χ4v) is 3.23. The van der Waals surface area contributed by atoms with Gasteiger partial charge in [-0.15, -0.1) is 0 Å². The standard InChI is InChI=1S/C15H27NO/c1-3-16-15(14-10-12(2)17-11-14)13-8-6-4-5-7-9-13/h8,12,14-16H,3-7,9-11H2,1-2H3. The highest BCUT2D eigenvalue weighted by Gasteiger charge is 2.31. The Morgan fingerprint density at radius 1 is 1.41 bits per heavy atom. The highest BCUT2D eigenvalue weighted by molar-refractivity contribution is 5.14. The first-order valence-corrected chi connectivity index (χ1v) is 7.35. The maximum Gasteiger partial charge on any atom is 0.0551 e. The van der Waals surface area contributed by atoms with Crippen molar-refractivity contribution in [3.05, 3.63) is 11.6 Å². The topological polar surface area (TPSA) is 21.3 Å². The Morgan fingerprint density at radius 3 is 3.00 bits per heavy atom. The second kappa shape index (κ2) is 6.55. The van der Waals surface area contributed by atoms with E-state index in [4.69, 9.17) is 4.74 Å². The fraction of sp³-hybridized carbons (Fsp3) is 0.867. The molecule has 0 spiro atoms. The summed E-state index contributed by atoms with van der Waals surface area (Å²) < 4.78 is 5.75. The molecule has 1 aliphatic heterocycles. The summed E-state index contributed by atoms with van der Waals surface area (Å²) >= 11 is 0. The molecule has 17 heavy (non-hydrogen) atoms. The molecule has 2 aliphatic rings. The molecule has 0 radical (unpaired) electrons. The van der Waals surface area contributed by atoms with Crippen LogP contribution in [0, 0.1) is 5.92 Å². The second-order valence-corrected chi connectivity index (χ2v) is 5.55. The Bertz CT molecular complexity index is 262. The third-order valence-electron chi connectivity index (χ3n) is 4.10. The van der Waals surface area contributed by atoms with Crippen LogP contribution >= 0.6 is 0 Å². The summed E-state index contributed by atoms with van der Waals surface area (Å²) in [6.07, 6.45) is 10.9.